The average molecular weight is 483 g/mol. The summed E-state index contributed by atoms with van der Waals surface area (Å²) >= 11 is 0. The molecule has 3 aromatic heterocycles. The summed E-state index contributed by atoms with van der Waals surface area (Å²) in [6.45, 7) is 6.23. The minimum atomic E-state index is -0.823. The van der Waals surface area contributed by atoms with Gasteiger partial charge < -0.3 is 10.8 Å². The number of nitrogen functional groups attached to an aromatic ring is 1. The van der Waals surface area contributed by atoms with E-state index in [-0.39, 0.29) is 17.8 Å². The van der Waals surface area contributed by atoms with E-state index in [9.17, 15) is 10.1 Å². The lowest BCUT2D eigenvalue weighted by Crippen LogP contribution is -2.21. The van der Waals surface area contributed by atoms with Gasteiger partial charge in [-0.3, -0.25) is 9.78 Å². The summed E-state index contributed by atoms with van der Waals surface area (Å²) in [5.41, 5.74) is 11.0. The highest BCUT2D eigenvalue weighted by Gasteiger charge is 2.23. The highest BCUT2D eigenvalue weighted by Crippen LogP contribution is 2.28. The number of benzene rings is 1. The molecule has 3 N–H and O–H groups in total. The number of pyridine rings is 1. The summed E-state index contributed by atoms with van der Waals surface area (Å²) in [6, 6.07) is 15.2. The first kappa shape index (κ1) is 24.5. The maximum Gasteiger partial charge on any atom is 0.303 e. The number of aryl methyl sites for hydroxylation is 1. The van der Waals surface area contributed by atoms with Crippen LogP contribution in [0.15, 0.2) is 48.7 Å². The third kappa shape index (κ3) is 5.52. The number of anilines is 1. The van der Waals surface area contributed by atoms with Gasteiger partial charge >= 0.3 is 5.97 Å². The van der Waals surface area contributed by atoms with Gasteiger partial charge in [-0.15, -0.1) is 5.10 Å². The number of nitriles is 1. The Morgan fingerprint density at radius 2 is 1.89 bits per heavy atom. The van der Waals surface area contributed by atoms with Crippen LogP contribution in [0.5, 0.6) is 0 Å². The number of hydrogen-bond acceptors (Lipinski definition) is 8. The van der Waals surface area contributed by atoms with Crippen molar-refractivity contribution in [3.8, 4) is 28.7 Å². The minimum absolute atomic E-state index is 0.0792. The maximum absolute atomic E-state index is 11.0. The molecule has 36 heavy (non-hydrogen) atoms. The number of hydrogen-bond donors (Lipinski definition) is 2. The van der Waals surface area contributed by atoms with Gasteiger partial charge in [0.25, 0.3) is 0 Å². The molecule has 0 saturated heterocycles. The monoisotopic (exact) mass is 482 g/mol. The lowest BCUT2D eigenvalue weighted by atomic mass is 9.84. The molecule has 0 atom stereocenters. The summed E-state index contributed by atoms with van der Waals surface area (Å²) in [4.78, 5) is 24.4. The normalized spacial score (nSPS) is 11.3. The molecular formula is C26H26N8O2. The van der Waals surface area contributed by atoms with Crippen LogP contribution in [-0.4, -0.2) is 41.0 Å². The van der Waals surface area contributed by atoms with E-state index >= 15 is 0 Å². The molecule has 0 aliphatic carbocycles. The minimum Gasteiger partial charge on any atom is -0.481 e. The number of nitrogens with two attached hydrogens (primary N) is 1. The second-order valence-electron chi connectivity index (χ2n) is 9.23. The van der Waals surface area contributed by atoms with E-state index in [1.165, 1.54) is 0 Å². The van der Waals surface area contributed by atoms with Crippen LogP contribution in [0.3, 0.4) is 0 Å². The molecule has 0 amide bonds. The Labute approximate surface area is 208 Å². The molecule has 0 bridgehead atoms. The SMILES string of the molecule is Cc1ccc(-c2cc(-c3cn(Cc4cccc(C(C)(C)CCC(=O)O)n4)nn3)nc(N)n2)cc1C#N. The van der Waals surface area contributed by atoms with Crippen LogP contribution in [0.2, 0.25) is 0 Å². The Morgan fingerprint density at radius 3 is 2.64 bits per heavy atom. The Morgan fingerprint density at radius 1 is 1.11 bits per heavy atom. The molecule has 0 saturated carbocycles. The Bertz CT molecular complexity index is 1470. The highest BCUT2D eigenvalue weighted by atomic mass is 16.4. The van der Waals surface area contributed by atoms with E-state index in [0.717, 1.165) is 22.5 Å². The predicted octanol–water partition coefficient (Wildman–Crippen LogP) is 3.75. The smallest absolute Gasteiger partial charge is 0.303 e. The number of carbonyl (C=O) groups is 1. The first-order chi connectivity index (χ1) is 17.1. The van der Waals surface area contributed by atoms with Gasteiger partial charge in [-0.25, -0.2) is 14.6 Å². The molecule has 0 unspecified atom stereocenters. The van der Waals surface area contributed by atoms with Gasteiger partial charge in [0, 0.05) is 23.1 Å². The fraction of sp³-hybridized carbons (Fsp3) is 0.269. The van der Waals surface area contributed by atoms with E-state index in [0.29, 0.717) is 35.6 Å². The molecule has 3 heterocycles. The van der Waals surface area contributed by atoms with E-state index < -0.39 is 5.97 Å². The van der Waals surface area contributed by atoms with Gasteiger partial charge in [0.2, 0.25) is 5.95 Å². The van der Waals surface area contributed by atoms with Gasteiger partial charge in [-0.05, 0) is 43.2 Å². The van der Waals surface area contributed by atoms with E-state index in [1.807, 2.05) is 51.1 Å². The number of carboxylic acid groups (broad SMARTS) is 1. The van der Waals surface area contributed by atoms with Crippen LogP contribution in [0.4, 0.5) is 5.95 Å². The van der Waals surface area contributed by atoms with Crippen molar-refractivity contribution < 1.29 is 9.90 Å². The lowest BCUT2D eigenvalue weighted by molar-refractivity contribution is -0.137. The first-order valence-corrected chi connectivity index (χ1v) is 11.4. The standard InChI is InChI=1S/C26H26N8O2/c1-16-7-8-17(11-18(16)13-27)20-12-21(31-25(28)30-20)22-15-34(33-32-22)14-19-5-4-6-23(29-19)26(2,3)10-9-24(35)36/h4-8,11-12,15H,9-10,14H2,1-3H3,(H,35,36)(H2,28,30,31). The average Bonchev–Trinajstić information content (AvgIpc) is 3.31. The summed E-state index contributed by atoms with van der Waals surface area (Å²) in [5, 5.41) is 26.9. The molecule has 0 aliphatic heterocycles. The van der Waals surface area contributed by atoms with E-state index in [1.54, 1.807) is 23.0 Å². The van der Waals surface area contributed by atoms with Crippen molar-refractivity contribution in [1.82, 2.24) is 29.9 Å². The summed E-state index contributed by atoms with van der Waals surface area (Å²) < 4.78 is 1.66. The molecule has 10 heteroatoms. The second kappa shape index (κ2) is 9.92. The van der Waals surface area contributed by atoms with Crippen molar-refractivity contribution in [2.75, 3.05) is 5.73 Å². The number of nitrogens with zero attached hydrogens (tertiary/aromatic N) is 7. The first-order valence-electron chi connectivity index (χ1n) is 11.4. The van der Waals surface area contributed by atoms with Crippen molar-refractivity contribution in [2.24, 2.45) is 0 Å². The topological polar surface area (TPSA) is 156 Å². The van der Waals surface area contributed by atoms with Crippen molar-refractivity contribution in [3.63, 3.8) is 0 Å². The molecule has 4 aromatic rings. The number of carboxylic acids is 1. The van der Waals surface area contributed by atoms with Gasteiger partial charge in [0.1, 0.15) is 5.69 Å². The largest absolute Gasteiger partial charge is 0.481 e. The molecule has 4 rings (SSSR count). The Hall–Kier alpha value is -4.65. The molecule has 10 nitrogen and oxygen atoms in total. The number of rotatable bonds is 8. The van der Waals surface area contributed by atoms with Crippen LogP contribution in [0.25, 0.3) is 22.6 Å². The van der Waals surface area contributed by atoms with Gasteiger partial charge in [-0.1, -0.05) is 37.3 Å². The van der Waals surface area contributed by atoms with E-state index in [4.69, 9.17) is 15.8 Å². The zero-order chi connectivity index (χ0) is 25.9. The van der Waals surface area contributed by atoms with Crippen molar-refractivity contribution in [2.45, 2.75) is 45.6 Å². The second-order valence-corrected chi connectivity index (χ2v) is 9.23. The van der Waals surface area contributed by atoms with Crippen LogP contribution < -0.4 is 5.73 Å². The van der Waals surface area contributed by atoms with Gasteiger partial charge in [-0.2, -0.15) is 5.26 Å². The molecule has 0 spiro atoms. The van der Waals surface area contributed by atoms with Crippen molar-refractivity contribution >= 4 is 11.9 Å². The van der Waals surface area contributed by atoms with E-state index in [2.05, 4.69) is 26.3 Å². The van der Waals surface area contributed by atoms with Crippen molar-refractivity contribution in [3.05, 3.63) is 71.2 Å². The molecule has 0 aliphatic rings. The summed E-state index contributed by atoms with van der Waals surface area (Å²) in [7, 11) is 0. The summed E-state index contributed by atoms with van der Waals surface area (Å²) in [5.74, 6) is -0.732. The van der Waals surface area contributed by atoms with Crippen LogP contribution >= 0.6 is 0 Å². The maximum atomic E-state index is 11.0. The highest BCUT2D eigenvalue weighted by molar-refractivity contribution is 5.69. The molecular weight excluding hydrogens is 456 g/mol. The quantitative estimate of drug-likeness (QED) is 0.381. The Kier molecular flexibility index (Phi) is 6.74. The molecule has 0 fully saturated rings. The number of aromatic nitrogens is 6. The third-order valence-electron chi connectivity index (χ3n) is 5.99. The van der Waals surface area contributed by atoms with Crippen molar-refractivity contribution in [1.29, 1.82) is 5.26 Å². The molecule has 0 radical (unpaired) electrons. The zero-order valence-electron chi connectivity index (χ0n) is 20.3. The van der Waals surface area contributed by atoms with Crippen LogP contribution in [-0.2, 0) is 16.8 Å². The number of aliphatic carboxylic acids is 1. The summed E-state index contributed by atoms with van der Waals surface area (Å²) in [6.07, 6.45) is 2.32. The van der Waals surface area contributed by atoms with Crippen LogP contribution in [0, 0.1) is 18.3 Å². The fourth-order valence-corrected chi connectivity index (χ4v) is 3.80. The Balaban J connectivity index is 1.57. The fourth-order valence-electron chi connectivity index (χ4n) is 3.80. The molecule has 1 aromatic carbocycles. The van der Waals surface area contributed by atoms with Crippen LogP contribution in [0.1, 0.15) is 49.2 Å². The van der Waals surface area contributed by atoms with Gasteiger partial charge in [0.15, 0.2) is 0 Å². The third-order valence-corrected chi connectivity index (χ3v) is 5.99. The van der Waals surface area contributed by atoms with Gasteiger partial charge in [0.05, 0.1) is 41.5 Å². The molecule has 182 valence electrons. The predicted molar refractivity (Wildman–Crippen MR) is 134 cm³/mol. The zero-order valence-corrected chi connectivity index (χ0v) is 20.3. The lowest BCUT2D eigenvalue weighted by Gasteiger charge is -2.23.